The van der Waals surface area contributed by atoms with E-state index in [9.17, 15) is 4.79 Å². The van der Waals surface area contributed by atoms with Gasteiger partial charge in [-0.1, -0.05) is 18.5 Å². The average Bonchev–Trinajstić information content (AvgIpc) is 2.52. The molecule has 1 amide bonds. The van der Waals surface area contributed by atoms with Crippen LogP contribution in [-0.2, 0) is 11.2 Å². The van der Waals surface area contributed by atoms with Gasteiger partial charge in [0.2, 0.25) is 0 Å². The van der Waals surface area contributed by atoms with Crippen LogP contribution in [0.1, 0.15) is 51.0 Å². The third-order valence-corrected chi connectivity index (χ3v) is 6.58. The molecule has 4 aliphatic rings. The van der Waals surface area contributed by atoms with Crippen LogP contribution in [0.15, 0.2) is 18.2 Å². The quantitative estimate of drug-likeness (QED) is 0.859. The molecule has 0 spiro atoms. The maximum atomic E-state index is 12.5. The Hall–Kier alpha value is -1.22. The van der Waals surface area contributed by atoms with Crippen molar-refractivity contribution in [2.45, 2.75) is 57.4 Å². The van der Waals surface area contributed by atoms with Gasteiger partial charge >= 0.3 is 0 Å². The van der Waals surface area contributed by atoms with E-state index in [0.717, 1.165) is 40.5 Å². The van der Waals surface area contributed by atoms with Crippen LogP contribution in [0.2, 0.25) is 5.02 Å². The van der Waals surface area contributed by atoms with Crippen LogP contribution in [0.4, 0.5) is 0 Å². The van der Waals surface area contributed by atoms with Gasteiger partial charge in [-0.2, -0.15) is 0 Å². The van der Waals surface area contributed by atoms with E-state index in [1.807, 2.05) is 18.2 Å². The molecule has 1 aromatic carbocycles. The second-order valence-corrected chi connectivity index (χ2v) is 8.55. The SMILES string of the molecule is CCc1cc(OCC(=O)NC23CC4CC(CC(C4)C2)C3)ccc1Cl. The largest absolute Gasteiger partial charge is 0.484 e. The lowest BCUT2D eigenvalue weighted by Crippen LogP contribution is -2.60. The highest BCUT2D eigenvalue weighted by atomic mass is 35.5. The van der Waals surface area contributed by atoms with Crippen LogP contribution >= 0.6 is 11.6 Å². The van der Waals surface area contributed by atoms with Crippen LogP contribution in [0.25, 0.3) is 0 Å². The van der Waals surface area contributed by atoms with Crippen molar-refractivity contribution in [1.29, 1.82) is 0 Å². The highest BCUT2D eigenvalue weighted by molar-refractivity contribution is 6.31. The number of nitrogens with one attached hydrogen (secondary N) is 1. The van der Waals surface area contributed by atoms with Gasteiger partial charge in [0.15, 0.2) is 6.61 Å². The molecular formula is C20H26ClNO2. The van der Waals surface area contributed by atoms with E-state index in [0.29, 0.717) is 0 Å². The van der Waals surface area contributed by atoms with Crippen molar-refractivity contribution in [3.05, 3.63) is 28.8 Å². The molecule has 0 aromatic heterocycles. The first-order valence-corrected chi connectivity index (χ1v) is 9.65. The van der Waals surface area contributed by atoms with Gasteiger partial charge < -0.3 is 10.1 Å². The number of amides is 1. The zero-order valence-corrected chi connectivity index (χ0v) is 15.1. The second-order valence-electron chi connectivity index (χ2n) is 8.14. The van der Waals surface area contributed by atoms with Crippen molar-refractivity contribution in [3.8, 4) is 5.75 Å². The number of carbonyl (C=O) groups excluding carboxylic acids is 1. The molecule has 1 aromatic rings. The van der Waals surface area contributed by atoms with E-state index in [1.54, 1.807) is 0 Å². The summed E-state index contributed by atoms with van der Waals surface area (Å²) in [6, 6.07) is 5.60. The minimum Gasteiger partial charge on any atom is -0.484 e. The van der Waals surface area contributed by atoms with E-state index >= 15 is 0 Å². The molecule has 3 nitrogen and oxygen atoms in total. The number of hydrogen-bond acceptors (Lipinski definition) is 2. The number of halogens is 1. The molecule has 4 fully saturated rings. The minimum absolute atomic E-state index is 0.0185. The Labute approximate surface area is 149 Å². The van der Waals surface area contributed by atoms with Gasteiger partial charge in [0.25, 0.3) is 5.91 Å². The monoisotopic (exact) mass is 347 g/mol. The number of aryl methyl sites for hydroxylation is 1. The minimum atomic E-state index is 0.0185. The lowest BCUT2D eigenvalue weighted by Gasteiger charge is -2.56. The Morgan fingerprint density at radius 2 is 1.83 bits per heavy atom. The third-order valence-electron chi connectivity index (χ3n) is 6.21. The van der Waals surface area contributed by atoms with Crippen LogP contribution in [0.3, 0.4) is 0 Å². The van der Waals surface area contributed by atoms with Crippen LogP contribution in [0.5, 0.6) is 5.75 Å². The van der Waals surface area contributed by atoms with Gasteiger partial charge in [0.05, 0.1) is 0 Å². The van der Waals surface area contributed by atoms with Crippen LogP contribution in [-0.4, -0.2) is 18.1 Å². The van der Waals surface area contributed by atoms with Crippen molar-refractivity contribution in [1.82, 2.24) is 5.32 Å². The van der Waals surface area contributed by atoms with Crippen molar-refractivity contribution in [2.24, 2.45) is 17.8 Å². The second kappa shape index (κ2) is 6.25. The summed E-state index contributed by atoms with van der Waals surface area (Å²) >= 11 is 6.13. The number of ether oxygens (including phenoxy) is 1. The first-order valence-electron chi connectivity index (χ1n) is 9.27. The van der Waals surface area contributed by atoms with Gasteiger partial charge in [0.1, 0.15) is 5.75 Å². The number of rotatable bonds is 5. The maximum Gasteiger partial charge on any atom is 0.258 e. The van der Waals surface area contributed by atoms with E-state index in [4.69, 9.17) is 16.3 Å². The fraction of sp³-hybridized carbons (Fsp3) is 0.650. The van der Waals surface area contributed by atoms with Gasteiger partial charge in [-0.15, -0.1) is 0 Å². The van der Waals surface area contributed by atoms with E-state index in [2.05, 4.69) is 12.2 Å². The maximum absolute atomic E-state index is 12.5. The van der Waals surface area contributed by atoms with Gasteiger partial charge in [-0.05, 0) is 86.5 Å². The molecule has 4 saturated carbocycles. The molecule has 4 aliphatic carbocycles. The smallest absolute Gasteiger partial charge is 0.258 e. The molecule has 0 saturated heterocycles. The molecule has 0 aliphatic heterocycles. The Balaban J connectivity index is 1.36. The Bertz CT molecular complexity index is 607. The van der Waals surface area contributed by atoms with Crippen molar-refractivity contribution >= 4 is 17.5 Å². The zero-order valence-electron chi connectivity index (χ0n) is 14.3. The molecule has 4 bridgehead atoms. The third kappa shape index (κ3) is 3.15. The predicted molar refractivity (Wildman–Crippen MR) is 95.4 cm³/mol. The molecule has 5 rings (SSSR count). The molecule has 130 valence electrons. The first kappa shape index (κ1) is 16.3. The fourth-order valence-corrected chi connectivity index (χ4v) is 5.91. The summed E-state index contributed by atoms with van der Waals surface area (Å²) in [5.41, 5.74) is 1.11. The van der Waals surface area contributed by atoms with Crippen molar-refractivity contribution in [3.63, 3.8) is 0 Å². The number of hydrogen-bond donors (Lipinski definition) is 1. The standard InChI is InChI=1S/C20H26ClNO2/c1-2-16-8-17(3-4-18(16)21)24-12-19(23)22-20-9-13-5-14(10-20)7-15(6-13)11-20/h3-4,8,13-15H,2,5-7,9-12H2,1H3,(H,22,23). The molecular weight excluding hydrogens is 322 g/mol. The van der Waals surface area contributed by atoms with Gasteiger partial charge in [-0.3, -0.25) is 4.79 Å². The summed E-state index contributed by atoms with van der Waals surface area (Å²) in [6.45, 7) is 2.15. The molecule has 0 atom stereocenters. The highest BCUT2D eigenvalue weighted by Crippen LogP contribution is 2.55. The summed E-state index contributed by atoms with van der Waals surface area (Å²) in [5, 5.41) is 4.10. The van der Waals surface area contributed by atoms with E-state index in [1.165, 1.54) is 38.5 Å². The van der Waals surface area contributed by atoms with Gasteiger partial charge in [0, 0.05) is 10.6 Å². The topological polar surface area (TPSA) is 38.3 Å². The molecule has 0 heterocycles. The summed E-state index contributed by atoms with van der Waals surface area (Å²) in [7, 11) is 0. The Morgan fingerprint density at radius 1 is 1.21 bits per heavy atom. The Morgan fingerprint density at radius 3 is 2.42 bits per heavy atom. The zero-order chi connectivity index (χ0) is 16.7. The fourth-order valence-electron chi connectivity index (χ4n) is 5.66. The molecule has 4 heteroatoms. The van der Waals surface area contributed by atoms with Crippen molar-refractivity contribution < 1.29 is 9.53 Å². The van der Waals surface area contributed by atoms with E-state index < -0.39 is 0 Å². The molecule has 1 N–H and O–H groups in total. The predicted octanol–water partition coefficient (Wildman–Crippen LogP) is 4.37. The van der Waals surface area contributed by atoms with Crippen LogP contribution in [0, 0.1) is 17.8 Å². The highest BCUT2D eigenvalue weighted by Gasteiger charge is 2.51. The first-order chi connectivity index (χ1) is 11.5. The molecule has 0 radical (unpaired) electrons. The average molecular weight is 348 g/mol. The lowest BCUT2D eigenvalue weighted by atomic mass is 9.53. The summed E-state index contributed by atoms with van der Waals surface area (Å²) in [4.78, 5) is 12.5. The summed E-state index contributed by atoms with van der Waals surface area (Å²) in [5.74, 6) is 3.24. The normalized spacial score (nSPS) is 33.5. The number of benzene rings is 1. The number of carbonyl (C=O) groups is 1. The van der Waals surface area contributed by atoms with Gasteiger partial charge in [-0.25, -0.2) is 0 Å². The van der Waals surface area contributed by atoms with Crippen LogP contribution < -0.4 is 10.1 Å². The summed E-state index contributed by atoms with van der Waals surface area (Å²) < 4.78 is 5.71. The molecule has 24 heavy (non-hydrogen) atoms. The lowest BCUT2D eigenvalue weighted by molar-refractivity contribution is -0.128. The molecule has 0 unspecified atom stereocenters. The summed E-state index contributed by atoms with van der Waals surface area (Å²) in [6.07, 6.45) is 8.53. The van der Waals surface area contributed by atoms with Crippen molar-refractivity contribution in [2.75, 3.05) is 6.61 Å². The van der Waals surface area contributed by atoms with E-state index in [-0.39, 0.29) is 18.1 Å². The Kier molecular flexibility index (Phi) is 4.24.